The zero-order valence-electron chi connectivity index (χ0n) is 10.3. The van der Waals surface area contributed by atoms with E-state index < -0.39 is 0 Å². The van der Waals surface area contributed by atoms with Crippen molar-refractivity contribution in [2.75, 3.05) is 25.1 Å². The molecule has 0 spiro atoms. The molecule has 2 N–H and O–H groups in total. The largest absolute Gasteiger partial charge is 0.380 e. The molecule has 0 saturated heterocycles. The average Bonchev–Trinajstić information content (AvgIpc) is 2.38. The van der Waals surface area contributed by atoms with E-state index >= 15 is 0 Å². The fourth-order valence-corrected chi connectivity index (χ4v) is 1.59. The van der Waals surface area contributed by atoms with E-state index in [0.717, 1.165) is 5.69 Å². The van der Waals surface area contributed by atoms with Crippen LogP contribution in [0, 0.1) is 0 Å². The number of rotatable bonds is 6. The van der Waals surface area contributed by atoms with Crippen molar-refractivity contribution in [3.63, 3.8) is 0 Å². The third-order valence-electron chi connectivity index (χ3n) is 2.59. The molecule has 0 aliphatic heterocycles. The van der Waals surface area contributed by atoms with Crippen molar-refractivity contribution in [2.24, 2.45) is 5.73 Å². The summed E-state index contributed by atoms with van der Waals surface area (Å²) in [6.07, 6.45) is 3.41. The maximum atomic E-state index is 12.1. The highest BCUT2D eigenvalue weighted by molar-refractivity contribution is 5.93. The van der Waals surface area contributed by atoms with E-state index in [1.54, 1.807) is 24.4 Å². The third kappa shape index (κ3) is 3.80. The maximum absolute atomic E-state index is 12.1. The summed E-state index contributed by atoms with van der Waals surface area (Å²) in [6, 6.07) is 3.62. The van der Waals surface area contributed by atoms with Crippen molar-refractivity contribution in [1.82, 2.24) is 4.98 Å². The molecule has 94 valence electrons. The Morgan fingerprint density at radius 1 is 1.53 bits per heavy atom. The Morgan fingerprint density at radius 3 is 2.65 bits per heavy atom. The van der Waals surface area contributed by atoms with E-state index in [0.29, 0.717) is 19.5 Å². The predicted molar refractivity (Wildman–Crippen MR) is 66.7 cm³/mol. The van der Waals surface area contributed by atoms with Crippen molar-refractivity contribution in [3.05, 3.63) is 24.5 Å². The molecule has 1 atom stereocenters. The SMILES string of the molecule is CCN(C(=O)CC(CN)OC)c1ccncc1. The summed E-state index contributed by atoms with van der Waals surface area (Å²) in [4.78, 5) is 17.7. The molecule has 0 bridgehead atoms. The van der Waals surface area contributed by atoms with Crippen molar-refractivity contribution < 1.29 is 9.53 Å². The lowest BCUT2D eigenvalue weighted by Gasteiger charge is -2.23. The van der Waals surface area contributed by atoms with Crippen molar-refractivity contribution >= 4 is 11.6 Å². The zero-order valence-corrected chi connectivity index (χ0v) is 10.3. The number of methoxy groups -OCH3 is 1. The van der Waals surface area contributed by atoms with Crippen LogP contribution in [0.15, 0.2) is 24.5 Å². The van der Waals surface area contributed by atoms with Crippen molar-refractivity contribution in [1.29, 1.82) is 0 Å². The van der Waals surface area contributed by atoms with Crippen LogP contribution in [0.5, 0.6) is 0 Å². The number of nitrogens with zero attached hydrogens (tertiary/aromatic N) is 2. The molecule has 1 aromatic heterocycles. The molecule has 0 fully saturated rings. The van der Waals surface area contributed by atoms with Crippen LogP contribution in [0.3, 0.4) is 0 Å². The highest BCUT2D eigenvalue weighted by Crippen LogP contribution is 2.14. The fraction of sp³-hybridized carbons (Fsp3) is 0.500. The first-order valence-corrected chi connectivity index (χ1v) is 5.66. The molecule has 1 unspecified atom stereocenters. The molecular weight excluding hydrogens is 218 g/mol. The molecule has 1 heterocycles. The number of carbonyl (C=O) groups is 1. The van der Waals surface area contributed by atoms with Gasteiger partial charge in [0.2, 0.25) is 5.91 Å². The summed E-state index contributed by atoms with van der Waals surface area (Å²) in [7, 11) is 1.56. The maximum Gasteiger partial charge on any atom is 0.229 e. The molecule has 0 aliphatic rings. The van der Waals surface area contributed by atoms with Gasteiger partial charge in [0.1, 0.15) is 0 Å². The van der Waals surface area contributed by atoms with Gasteiger partial charge in [-0.25, -0.2) is 0 Å². The highest BCUT2D eigenvalue weighted by Gasteiger charge is 2.18. The standard InChI is InChI=1S/C12H19N3O2/c1-3-15(10-4-6-14-7-5-10)12(16)8-11(9-13)17-2/h4-7,11H,3,8-9,13H2,1-2H3. The van der Waals surface area contributed by atoms with Gasteiger partial charge in [0.15, 0.2) is 0 Å². The van der Waals surface area contributed by atoms with Gasteiger partial charge in [-0.15, -0.1) is 0 Å². The number of carbonyl (C=O) groups excluding carboxylic acids is 1. The normalized spacial score (nSPS) is 12.2. The summed E-state index contributed by atoms with van der Waals surface area (Å²) in [5.41, 5.74) is 6.35. The van der Waals surface area contributed by atoms with E-state index in [1.807, 2.05) is 19.1 Å². The van der Waals surface area contributed by atoms with Gasteiger partial charge in [-0.2, -0.15) is 0 Å². The Labute approximate surface area is 102 Å². The first-order chi connectivity index (χ1) is 8.22. The summed E-state index contributed by atoms with van der Waals surface area (Å²) >= 11 is 0. The lowest BCUT2D eigenvalue weighted by atomic mass is 10.2. The van der Waals surface area contributed by atoms with Crippen molar-refractivity contribution in [3.8, 4) is 0 Å². The number of amides is 1. The summed E-state index contributed by atoms with van der Waals surface area (Å²) < 4.78 is 5.12. The second-order valence-corrected chi connectivity index (χ2v) is 3.64. The van der Waals surface area contributed by atoms with Crippen LogP contribution in [0.4, 0.5) is 5.69 Å². The fourth-order valence-electron chi connectivity index (χ4n) is 1.59. The Balaban J connectivity index is 2.71. The molecule has 5 nitrogen and oxygen atoms in total. The summed E-state index contributed by atoms with van der Waals surface area (Å²) in [6.45, 7) is 2.89. The van der Waals surface area contributed by atoms with Crippen LogP contribution in [-0.4, -0.2) is 37.2 Å². The van der Waals surface area contributed by atoms with Gasteiger partial charge in [-0.1, -0.05) is 0 Å². The van der Waals surface area contributed by atoms with E-state index in [1.165, 1.54) is 0 Å². The minimum Gasteiger partial charge on any atom is -0.380 e. The van der Waals surface area contributed by atoms with E-state index in [2.05, 4.69) is 4.98 Å². The molecule has 1 aromatic rings. The van der Waals surface area contributed by atoms with Gasteiger partial charge >= 0.3 is 0 Å². The molecular formula is C12H19N3O2. The van der Waals surface area contributed by atoms with Crippen LogP contribution >= 0.6 is 0 Å². The lowest BCUT2D eigenvalue weighted by Crippen LogP contribution is -2.36. The van der Waals surface area contributed by atoms with Crippen LogP contribution < -0.4 is 10.6 Å². The number of aromatic nitrogens is 1. The van der Waals surface area contributed by atoms with Crippen LogP contribution in [-0.2, 0) is 9.53 Å². The van der Waals surface area contributed by atoms with Gasteiger partial charge in [-0.05, 0) is 19.1 Å². The average molecular weight is 237 g/mol. The third-order valence-corrected chi connectivity index (χ3v) is 2.59. The van der Waals surface area contributed by atoms with E-state index in [-0.39, 0.29) is 12.0 Å². The Hall–Kier alpha value is -1.46. The molecule has 0 saturated carbocycles. The first kappa shape index (κ1) is 13.6. The number of nitrogens with two attached hydrogens (primary N) is 1. The minimum absolute atomic E-state index is 0.0102. The number of hydrogen-bond acceptors (Lipinski definition) is 4. The van der Waals surface area contributed by atoms with Crippen LogP contribution in [0.2, 0.25) is 0 Å². The molecule has 0 radical (unpaired) electrons. The van der Waals surface area contributed by atoms with Crippen LogP contribution in [0.25, 0.3) is 0 Å². The second-order valence-electron chi connectivity index (χ2n) is 3.64. The van der Waals surface area contributed by atoms with Gasteiger partial charge < -0.3 is 15.4 Å². The van der Waals surface area contributed by atoms with Crippen LogP contribution in [0.1, 0.15) is 13.3 Å². The summed E-state index contributed by atoms with van der Waals surface area (Å²) in [5.74, 6) is 0.0102. The van der Waals surface area contributed by atoms with Gasteiger partial charge in [0.25, 0.3) is 0 Å². The quantitative estimate of drug-likeness (QED) is 0.794. The Kier molecular flexibility index (Phi) is 5.59. The molecule has 5 heteroatoms. The van der Waals surface area contributed by atoms with Gasteiger partial charge in [0, 0.05) is 38.3 Å². The lowest BCUT2D eigenvalue weighted by molar-refractivity contribution is -0.120. The Bertz CT molecular complexity index is 339. The van der Waals surface area contributed by atoms with Gasteiger partial charge in [-0.3, -0.25) is 9.78 Å². The van der Waals surface area contributed by atoms with Crippen molar-refractivity contribution in [2.45, 2.75) is 19.4 Å². The number of ether oxygens (including phenoxy) is 1. The molecule has 1 rings (SSSR count). The second kappa shape index (κ2) is 6.98. The monoisotopic (exact) mass is 237 g/mol. The topological polar surface area (TPSA) is 68.5 Å². The zero-order chi connectivity index (χ0) is 12.7. The smallest absolute Gasteiger partial charge is 0.229 e. The predicted octanol–water partition coefficient (Wildman–Crippen LogP) is 0.798. The molecule has 1 amide bonds. The first-order valence-electron chi connectivity index (χ1n) is 5.66. The minimum atomic E-state index is -0.224. The van der Waals surface area contributed by atoms with E-state index in [4.69, 9.17) is 10.5 Å². The molecule has 0 aliphatic carbocycles. The highest BCUT2D eigenvalue weighted by atomic mass is 16.5. The number of anilines is 1. The summed E-state index contributed by atoms with van der Waals surface area (Å²) in [5, 5.41) is 0. The number of pyridine rings is 1. The molecule has 17 heavy (non-hydrogen) atoms. The number of hydrogen-bond donors (Lipinski definition) is 1. The Morgan fingerprint density at radius 2 is 2.18 bits per heavy atom. The van der Waals surface area contributed by atoms with Gasteiger partial charge in [0.05, 0.1) is 12.5 Å². The van der Waals surface area contributed by atoms with E-state index in [9.17, 15) is 4.79 Å². The molecule has 0 aromatic carbocycles.